The van der Waals surface area contributed by atoms with E-state index in [1.54, 1.807) is 6.07 Å². The molecule has 0 saturated carbocycles. The normalized spacial score (nSPS) is 10.4. The lowest BCUT2D eigenvalue weighted by Gasteiger charge is -2.10. The van der Waals surface area contributed by atoms with Crippen LogP contribution in [0.5, 0.6) is 0 Å². The van der Waals surface area contributed by atoms with Crippen molar-refractivity contribution in [3.05, 3.63) is 46.4 Å². The number of halogens is 2. The molecule has 4 heteroatoms. The molecule has 82 valence electrons. The topological polar surface area (TPSA) is 52.0 Å². The Kier molecular flexibility index (Phi) is 2.95. The van der Waals surface area contributed by atoms with Crippen molar-refractivity contribution < 1.29 is 0 Å². The van der Waals surface area contributed by atoms with Crippen molar-refractivity contribution >= 4 is 34.6 Å². The average Bonchev–Trinajstić information content (AvgIpc) is 2.28. The number of benzene rings is 2. The number of nitrogens with two attached hydrogens (primary N) is 2. The molecule has 2 nitrogen and oxygen atoms in total. The van der Waals surface area contributed by atoms with Gasteiger partial charge in [0.15, 0.2) is 0 Å². The molecule has 0 aromatic heterocycles. The summed E-state index contributed by atoms with van der Waals surface area (Å²) in [5.41, 5.74) is 14.3. The quantitative estimate of drug-likeness (QED) is 0.759. The molecule has 0 aliphatic carbocycles. The van der Waals surface area contributed by atoms with E-state index in [-0.39, 0.29) is 0 Å². The van der Waals surface area contributed by atoms with Gasteiger partial charge in [-0.2, -0.15) is 0 Å². The van der Waals surface area contributed by atoms with Crippen molar-refractivity contribution in [3.8, 4) is 11.1 Å². The van der Waals surface area contributed by atoms with E-state index in [2.05, 4.69) is 0 Å². The molecule has 0 radical (unpaired) electrons. The van der Waals surface area contributed by atoms with Gasteiger partial charge in [0.2, 0.25) is 0 Å². The van der Waals surface area contributed by atoms with Gasteiger partial charge in [0.25, 0.3) is 0 Å². The van der Waals surface area contributed by atoms with Crippen LogP contribution in [0, 0.1) is 0 Å². The smallest absolute Gasteiger partial charge is 0.0729 e. The SMILES string of the molecule is Nc1ccccc1-c1ccc(Cl)c(N)c1Cl. The van der Waals surface area contributed by atoms with Crippen molar-refractivity contribution in [3.63, 3.8) is 0 Å². The lowest BCUT2D eigenvalue weighted by molar-refractivity contribution is 1.60. The molecule has 0 bridgehead atoms. The number of anilines is 2. The Labute approximate surface area is 104 Å². The minimum atomic E-state index is 0.379. The van der Waals surface area contributed by atoms with Crippen LogP contribution in [-0.2, 0) is 0 Å². The van der Waals surface area contributed by atoms with Crippen LogP contribution < -0.4 is 11.5 Å². The third-order valence-electron chi connectivity index (χ3n) is 2.38. The highest BCUT2D eigenvalue weighted by molar-refractivity contribution is 6.40. The minimum absolute atomic E-state index is 0.379. The molecule has 0 aliphatic heterocycles. The van der Waals surface area contributed by atoms with Gasteiger partial charge in [-0.25, -0.2) is 0 Å². The number of hydrogen-bond acceptors (Lipinski definition) is 2. The van der Waals surface area contributed by atoms with Gasteiger partial charge >= 0.3 is 0 Å². The largest absolute Gasteiger partial charge is 0.398 e. The second-order valence-corrected chi connectivity index (χ2v) is 4.20. The van der Waals surface area contributed by atoms with Crippen molar-refractivity contribution in [2.24, 2.45) is 0 Å². The van der Waals surface area contributed by atoms with Gasteiger partial charge in [-0.15, -0.1) is 0 Å². The summed E-state index contributed by atoms with van der Waals surface area (Å²) in [6.07, 6.45) is 0. The summed E-state index contributed by atoms with van der Waals surface area (Å²) >= 11 is 12.0. The molecule has 0 aliphatic rings. The van der Waals surface area contributed by atoms with E-state index < -0.39 is 0 Å². The first-order chi connectivity index (χ1) is 7.61. The first kappa shape index (κ1) is 11.1. The van der Waals surface area contributed by atoms with E-state index in [1.165, 1.54) is 0 Å². The number of hydrogen-bond donors (Lipinski definition) is 2. The number of nitrogen functional groups attached to an aromatic ring is 2. The zero-order valence-electron chi connectivity index (χ0n) is 8.37. The van der Waals surface area contributed by atoms with Crippen LogP contribution in [0.3, 0.4) is 0 Å². The Balaban J connectivity index is 2.66. The molecular formula is C12H10Cl2N2. The third kappa shape index (κ3) is 1.82. The molecule has 0 amide bonds. The van der Waals surface area contributed by atoms with E-state index in [0.717, 1.165) is 11.1 Å². The van der Waals surface area contributed by atoms with Gasteiger partial charge in [-0.1, -0.05) is 47.5 Å². The lowest BCUT2D eigenvalue weighted by atomic mass is 10.0. The Morgan fingerprint density at radius 1 is 0.812 bits per heavy atom. The highest BCUT2D eigenvalue weighted by atomic mass is 35.5. The molecule has 0 unspecified atom stereocenters. The van der Waals surface area contributed by atoms with Crippen LogP contribution in [0.4, 0.5) is 11.4 Å². The minimum Gasteiger partial charge on any atom is -0.398 e. The molecule has 2 aromatic rings. The maximum absolute atomic E-state index is 6.14. The van der Waals surface area contributed by atoms with Crippen LogP contribution >= 0.6 is 23.2 Å². The van der Waals surface area contributed by atoms with E-state index >= 15 is 0 Å². The molecule has 16 heavy (non-hydrogen) atoms. The van der Waals surface area contributed by atoms with Gasteiger partial charge in [0, 0.05) is 16.8 Å². The van der Waals surface area contributed by atoms with E-state index in [4.69, 9.17) is 34.7 Å². The second-order valence-electron chi connectivity index (χ2n) is 3.41. The first-order valence-electron chi connectivity index (χ1n) is 4.69. The first-order valence-corrected chi connectivity index (χ1v) is 5.45. The fourth-order valence-corrected chi connectivity index (χ4v) is 1.99. The predicted molar refractivity (Wildman–Crippen MR) is 70.7 cm³/mol. The maximum Gasteiger partial charge on any atom is 0.0729 e. The maximum atomic E-state index is 6.14. The van der Waals surface area contributed by atoms with E-state index in [9.17, 15) is 0 Å². The summed E-state index contributed by atoms with van der Waals surface area (Å²) < 4.78 is 0. The Morgan fingerprint density at radius 2 is 1.50 bits per heavy atom. The van der Waals surface area contributed by atoms with Crippen LogP contribution in [-0.4, -0.2) is 0 Å². The molecule has 0 atom stereocenters. The Hall–Kier alpha value is -1.38. The summed E-state index contributed by atoms with van der Waals surface area (Å²) in [7, 11) is 0. The van der Waals surface area contributed by atoms with Gasteiger partial charge in [0.1, 0.15) is 0 Å². The van der Waals surface area contributed by atoms with Crippen molar-refractivity contribution in [2.75, 3.05) is 11.5 Å². The van der Waals surface area contributed by atoms with Crippen molar-refractivity contribution in [1.82, 2.24) is 0 Å². The van der Waals surface area contributed by atoms with Crippen molar-refractivity contribution in [2.45, 2.75) is 0 Å². The van der Waals surface area contributed by atoms with Crippen LogP contribution in [0.25, 0.3) is 11.1 Å². The van der Waals surface area contributed by atoms with E-state index in [1.807, 2.05) is 30.3 Å². The molecular weight excluding hydrogens is 243 g/mol. The summed E-state index contributed by atoms with van der Waals surface area (Å²) in [6.45, 7) is 0. The Bertz CT molecular complexity index is 539. The van der Waals surface area contributed by atoms with Crippen molar-refractivity contribution in [1.29, 1.82) is 0 Å². The average molecular weight is 253 g/mol. The van der Waals surface area contributed by atoms with Gasteiger partial charge in [-0.3, -0.25) is 0 Å². The fourth-order valence-electron chi connectivity index (χ4n) is 1.52. The van der Waals surface area contributed by atoms with Gasteiger partial charge in [-0.05, 0) is 12.1 Å². The van der Waals surface area contributed by atoms with Crippen LogP contribution in [0.2, 0.25) is 10.0 Å². The zero-order valence-corrected chi connectivity index (χ0v) is 9.89. The number of para-hydroxylation sites is 1. The highest BCUT2D eigenvalue weighted by Gasteiger charge is 2.11. The molecule has 0 fully saturated rings. The zero-order chi connectivity index (χ0) is 11.7. The third-order valence-corrected chi connectivity index (χ3v) is 3.11. The molecule has 0 saturated heterocycles. The van der Waals surface area contributed by atoms with Gasteiger partial charge in [0.05, 0.1) is 15.7 Å². The Morgan fingerprint density at radius 3 is 2.19 bits per heavy atom. The fraction of sp³-hybridized carbons (Fsp3) is 0. The summed E-state index contributed by atoms with van der Waals surface area (Å²) in [5.74, 6) is 0. The molecule has 4 N–H and O–H groups in total. The van der Waals surface area contributed by atoms with Crippen LogP contribution in [0.15, 0.2) is 36.4 Å². The summed E-state index contributed by atoms with van der Waals surface area (Å²) in [4.78, 5) is 0. The standard InChI is InChI=1S/C12H10Cl2N2/c13-9-6-5-8(11(14)12(9)16)7-3-1-2-4-10(7)15/h1-6H,15-16H2. The predicted octanol–water partition coefficient (Wildman–Crippen LogP) is 3.82. The second kappa shape index (κ2) is 4.24. The van der Waals surface area contributed by atoms with Gasteiger partial charge < -0.3 is 11.5 Å². The van der Waals surface area contributed by atoms with Crippen LogP contribution in [0.1, 0.15) is 0 Å². The molecule has 0 heterocycles. The monoisotopic (exact) mass is 252 g/mol. The highest BCUT2D eigenvalue weighted by Crippen LogP contribution is 2.38. The molecule has 0 spiro atoms. The summed E-state index contributed by atoms with van der Waals surface area (Å²) in [5, 5.41) is 0.883. The lowest BCUT2D eigenvalue weighted by Crippen LogP contribution is -1.93. The molecule has 2 rings (SSSR count). The van der Waals surface area contributed by atoms with E-state index in [0.29, 0.717) is 21.4 Å². The number of rotatable bonds is 1. The summed E-state index contributed by atoms with van der Waals surface area (Å²) in [6, 6.07) is 11.0. The molecule has 2 aromatic carbocycles.